The number of hydrogen-bond donors (Lipinski definition) is 1. The molecule has 4 heteroatoms. The van der Waals surface area contributed by atoms with E-state index >= 15 is 0 Å². The van der Waals surface area contributed by atoms with Gasteiger partial charge in [-0.2, -0.15) is 0 Å². The van der Waals surface area contributed by atoms with E-state index in [-0.39, 0.29) is 18.2 Å². The third-order valence-electron chi connectivity index (χ3n) is 3.66. The van der Waals surface area contributed by atoms with Crippen LogP contribution in [0.5, 0.6) is 0 Å². The van der Waals surface area contributed by atoms with Crippen LogP contribution in [0.25, 0.3) is 0 Å². The summed E-state index contributed by atoms with van der Waals surface area (Å²) in [5.74, 6) is -0.344. The summed E-state index contributed by atoms with van der Waals surface area (Å²) < 4.78 is 10.7. The van der Waals surface area contributed by atoms with Crippen LogP contribution < -0.4 is 0 Å². The summed E-state index contributed by atoms with van der Waals surface area (Å²) in [6.45, 7) is 9.43. The van der Waals surface area contributed by atoms with Crippen molar-refractivity contribution in [1.82, 2.24) is 0 Å². The molecule has 0 bridgehead atoms. The van der Waals surface area contributed by atoms with Crippen LogP contribution in [-0.2, 0) is 14.3 Å². The van der Waals surface area contributed by atoms with E-state index in [2.05, 4.69) is 0 Å². The second-order valence-corrected chi connectivity index (χ2v) is 5.54. The first kappa shape index (κ1) is 14.5. The van der Waals surface area contributed by atoms with E-state index in [0.717, 1.165) is 0 Å². The van der Waals surface area contributed by atoms with Crippen molar-refractivity contribution in [2.24, 2.45) is 5.41 Å². The van der Waals surface area contributed by atoms with Crippen molar-refractivity contribution in [2.75, 3.05) is 6.61 Å². The first-order valence-corrected chi connectivity index (χ1v) is 6.28. The topological polar surface area (TPSA) is 55.8 Å². The molecule has 0 aromatic rings. The van der Waals surface area contributed by atoms with E-state index in [1.54, 1.807) is 20.8 Å². The molecule has 1 N–H and O–H groups in total. The maximum absolute atomic E-state index is 12.0. The number of carbonyl (C=O) groups excluding carboxylic acids is 1. The Morgan fingerprint density at radius 3 is 2.29 bits per heavy atom. The molecule has 0 aliphatic carbocycles. The Bertz CT molecular complexity index is 275. The normalized spacial score (nSPS) is 34.5. The molecule has 1 heterocycles. The van der Waals surface area contributed by atoms with Gasteiger partial charge in [-0.15, -0.1) is 0 Å². The molecule has 1 fully saturated rings. The summed E-state index contributed by atoms with van der Waals surface area (Å²) in [5, 5.41) is 10.8. The van der Waals surface area contributed by atoms with Crippen LogP contribution in [0.2, 0.25) is 0 Å². The van der Waals surface area contributed by atoms with Gasteiger partial charge in [0.2, 0.25) is 0 Å². The molecule has 0 aromatic carbocycles. The van der Waals surface area contributed by atoms with E-state index in [4.69, 9.17) is 9.47 Å². The van der Waals surface area contributed by atoms with Gasteiger partial charge in [0, 0.05) is 12.8 Å². The lowest BCUT2D eigenvalue weighted by molar-refractivity contribution is -0.199. The van der Waals surface area contributed by atoms with Gasteiger partial charge >= 0.3 is 5.97 Å². The number of aliphatic hydroxyl groups is 1. The second kappa shape index (κ2) is 4.94. The molecular weight excluding hydrogens is 220 g/mol. The molecule has 17 heavy (non-hydrogen) atoms. The molecular formula is C13H24O4. The lowest BCUT2D eigenvalue weighted by atomic mass is 9.68. The van der Waals surface area contributed by atoms with Crippen LogP contribution in [0.3, 0.4) is 0 Å². The highest BCUT2D eigenvalue weighted by Crippen LogP contribution is 2.43. The van der Waals surface area contributed by atoms with Gasteiger partial charge in [-0.25, -0.2) is 0 Å². The van der Waals surface area contributed by atoms with E-state index in [0.29, 0.717) is 19.4 Å². The van der Waals surface area contributed by atoms with Crippen molar-refractivity contribution < 1.29 is 19.4 Å². The lowest BCUT2D eigenvalue weighted by Crippen LogP contribution is -2.56. The Kier molecular flexibility index (Phi) is 4.20. The van der Waals surface area contributed by atoms with Crippen molar-refractivity contribution >= 4 is 5.97 Å². The Labute approximate surface area is 103 Å². The molecule has 0 spiro atoms. The first-order valence-electron chi connectivity index (χ1n) is 6.28. The summed E-state index contributed by atoms with van der Waals surface area (Å²) >= 11 is 0. The Balaban J connectivity index is 2.90. The van der Waals surface area contributed by atoms with Crippen LogP contribution in [-0.4, -0.2) is 35.5 Å². The summed E-state index contributed by atoms with van der Waals surface area (Å²) in [6, 6.07) is 0. The maximum atomic E-state index is 12.0. The largest absolute Gasteiger partial charge is 0.465 e. The third kappa shape index (κ3) is 2.80. The monoisotopic (exact) mass is 244 g/mol. The third-order valence-corrected chi connectivity index (χ3v) is 3.66. The fourth-order valence-electron chi connectivity index (χ4n) is 2.54. The molecule has 0 amide bonds. The van der Waals surface area contributed by atoms with Gasteiger partial charge in [0.1, 0.15) is 0 Å². The predicted molar refractivity (Wildman–Crippen MR) is 64.6 cm³/mol. The van der Waals surface area contributed by atoms with Crippen LogP contribution in [0.15, 0.2) is 0 Å². The van der Waals surface area contributed by atoms with E-state index in [1.807, 2.05) is 13.8 Å². The number of ether oxygens (including phenoxy) is 2. The minimum Gasteiger partial charge on any atom is -0.465 e. The molecule has 1 aliphatic heterocycles. The molecule has 1 aliphatic rings. The molecule has 2 atom stereocenters. The standard InChI is InChI=1S/C13H24O4/c1-6-16-11(14)12(4,5)13(15)7-9(2)17-10(3)8-13/h9-10,15H,6-8H2,1-5H3. The lowest BCUT2D eigenvalue weighted by Gasteiger charge is -2.47. The zero-order valence-electron chi connectivity index (χ0n) is 11.4. The molecule has 1 saturated heterocycles. The van der Waals surface area contributed by atoms with Crippen molar-refractivity contribution in [3.63, 3.8) is 0 Å². The minimum absolute atomic E-state index is 0.0440. The Hall–Kier alpha value is -0.610. The number of rotatable bonds is 3. The fraction of sp³-hybridized carbons (Fsp3) is 0.923. The molecule has 0 saturated carbocycles. The van der Waals surface area contributed by atoms with Crippen LogP contribution in [0.1, 0.15) is 47.5 Å². The van der Waals surface area contributed by atoms with Crippen molar-refractivity contribution in [3.05, 3.63) is 0 Å². The summed E-state index contributed by atoms with van der Waals surface area (Å²) in [7, 11) is 0. The quantitative estimate of drug-likeness (QED) is 0.770. The highest BCUT2D eigenvalue weighted by Gasteiger charge is 2.53. The fourth-order valence-corrected chi connectivity index (χ4v) is 2.54. The second-order valence-electron chi connectivity index (χ2n) is 5.54. The Morgan fingerprint density at radius 1 is 1.41 bits per heavy atom. The van der Waals surface area contributed by atoms with Crippen LogP contribution in [0, 0.1) is 5.41 Å². The number of hydrogen-bond acceptors (Lipinski definition) is 4. The summed E-state index contributed by atoms with van der Waals surface area (Å²) in [5.41, 5.74) is -1.97. The Morgan fingerprint density at radius 2 is 1.88 bits per heavy atom. The zero-order chi connectivity index (χ0) is 13.3. The van der Waals surface area contributed by atoms with Gasteiger partial charge in [-0.1, -0.05) is 0 Å². The van der Waals surface area contributed by atoms with E-state index < -0.39 is 11.0 Å². The average Bonchev–Trinajstić information content (AvgIpc) is 2.15. The average molecular weight is 244 g/mol. The highest BCUT2D eigenvalue weighted by molar-refractivity contribution is 5.77. The molecule has 1 rings (SSSR count). The zero-order valence-corrected chi connectivity index (χ0v) is 11.4. The maximum Gasteiger partial charge on any atom is 0.314 e. The molecule has 0 radical (unpaired) electrons. The van der Waals surface area contributed by atoms with Gasteiger partial charge in [-0.05, 0) is 34.6 Å². The number of esters is 1. The number of carbonyl (C=O) groups is 1. The molecule has 4 nitrogen and oxygen atoms in total. The first-order chi connectivity index (χ1) is 7.73. The molecule has 100 valence electrons. The van der Waals surface area contributed by atoms with Gasteiger partial charge in [0.15, 0.2) is 0 Å². The predicted octanol–water partition coefficient (Wildman–Crippen LogP) is 1.89. The van der Waals surface area contributed by atoms with E-state index in [9.17, 15) is 9.90 Å². The van der Waals surface area contributed by atoms with E-state index in [1.165, 1.54) is 0 Å². The SMILES string of the molecule is CCOC(=O)C(C)(C)C1(O)CC(C)OC(C)C1. The summed E-state index contributed by atoms with van der Waals surface area (Å²) in [6.07, 6.45) is 0.835. The van der Waals surface area contributed by atoms with Crippen LogP contribution in [0.4, 0.5) is 0 Å². The van der Waals surface area contributed by atoms with Gasteiger partial charge in [-0.3, -0.25) is 4.79 Å². The smallest absolute Gasteiger partial charge is 0.314 e. The van der Waals surface area contributed by atoms with Crippen molar-refractivity contribution in [2.45, 2.75) is 65.3 Å². The van der Waals surface area contributed by atoms with Crippen molar-refractivity contribution in [1.29, 1.82) is 0 Å². The molecule has 0 aromatic heterocycles. The van der Waals surface area contributed by atoms with Crippen LogP contribution >= 0.6 is 0 Å². The van der Waals surface area contributed by atoms with Gasteiger partial charge < -0.3 is 14.6 Å². The van der Waals surface area contributed by atoms with Gasteiger partial charge in [0.25, 0.3) is 0 Å². The van der Waals surface area contributed by atoms with Gasteiger partial charge in [0.05, 0.1) is 29.8 Å². The highest BCUT2D eigenvalue weighted by atomic mass is 16.5. The molecule has 2 unspecified atom stereocenters. The van der Waals surface area contributed by atoms with Crippen molar-refractivity contribution in [3.8, 4) is 0 Å². The minimum atomic E-state index is -1.06. The summed E-state index contributed by atoms with van der Waals surface area (Å²) in [4.78, 5) is 12.0.